The van der Waals surface area contributed by atoms with E-state index in [2.05, 4.69) is 15.7 Å². The molecular weight excluding hydrogens is 435 g/mol. The Labute approximate surface area is 191 Å². The van der Waals surface area contributed by atoms with E-state index in [1.807, 2.05) is 32.9 Å². The SMILES string of the molecule is CCCNC(=O)c1ccc(NC(=O)Cc2c(C)nn(-c3ccc(Cl)cc3)c2C)cc1Cl. The third-order valence-corrected chi connectivity index (χ3v) is 5.45. The van der Waals surface area contributed by atoms with Crippen LogP contribution in [-0.2, 0) is 11.2 Å². The number of benzene rings is 2. The summed E-state index contributed by atoms with van der Waals surface area (Å²) in [5.74, 6) is -0.424. The zero-order valence-corrected chi connectivity index (χ0v) is 19.1. The molecule has 3 rings (SSSR count). The number of carbonyl (C=O) groups is 2. The Morgan fingerprint density at radius 3 is 2.42 bits per heavy atom. The molecule has 2 N–H and O–H groups in total. The molecule has 0 aliphatic carbocycles. The zero-order valence-electron chi connectivity index (χ0n) is 17.6. The van der Waals surface area contributed by atoms with Gasteiger partial charge in [-0.25, -0.2) is 4.68 Å². The lowest BCUT2D eigenvalue weighted by Gasteiger charge is -2.10. The molecule has 0 aliphatic rings. The first-order valence-corrected chi connectivity index (χ1v) is 10.7. The summed E-state index contributed by atoms with van der Waals surface area (Å²) in [6.07, 6.45) is 1.01. The minimum Gasteiger partial charge on any atom is -0.352 e. The van der Waals surface area contributed by atoms with Crippen LogP contribution >= 0.6 is 23.2 Å². The second-order valence-corrected chi connectivity index (χ2v) is 8.06. The minimum absolute atomic E-state index is 0.168. The Bertz CT molecular complexity index is 1110. The minimum atomic E-state index is -0.231. The molecule has 3 aromatic rings. The topological polar surface area (TPSA) is 76.0 Å². The van der Waals surface area contributed by atoms with Gasteiger partial charge in [0.05, 0.1) is 28.4 Å². The van der Waals surface area contributed by atoms with Crippen LogP contribution in [0.5, 0.6) is 0 Å². The van der Waals surface area contributed by atoms with Gasteiger partial charge in [-0.2, -0.15) is 5.10 Å². The fraction of sp³-hybridized carbons (Fsp3) is 0.261. The molecule has 2 amide bonds. The number of anilines is 1. The third kappa shape index (κ3) is 5.46. The summed E-state index contributed by atoms with van der Waals surface area (Å²) in [5.41, 5.74) is 4.31. The lowest BCUT2D eigenvalue weighted by atomic mass is 10.1. The Morgan fingerprint density at radius 2 is 1.77 bits per heavy atom. The number of nitrogens with zero attached hydrogens (tertiary/aromatic N) is 2. The van der Waals surface area contributed by atoms with Gasteiger partial charge in [-0.1, -0.05) is 30.1 Å². The Kier molecular flexibility index (Phi) is 7.36. The van der Waals surface area contributed by atoms with Gasteiger partial charge in [0.25, 0.3) is 5.91 Å². The van der Waals surface area contributed by atoms with Crippen LogP contribution in [0.3, 0.4) is 0 Å². The maximum atomic E-state index is 12.7. The van der Waals surface area contributed by atoms with E-state index >= 15 is 0 Å². The van der Waals surface area contributed by atoms with E-state index in [1.165, 1.54) is 0 Å². The average molecular weight is 459 g/mol. The first-order valence-electron chi connectivity index (χ1n) is 9.98. The highest BCUT2D eigenvalue weighted by molar-refractivity contribution is 6.34. The van der Waals surface area contributed by atoms with Gasteiger partial charge in [0, 0.05) is 28.5 Å². The second-order valence-electron chi connectivity index (χ2n) is 7.21. The molecule has 31 heavy (non-hydrogen) atoms. The van der Waals surface area contributed by atoms with E-state index < -0.39 is 0 Å². The van der Waals surface area contributed by atoms with E-state index in [4.69, 9.17) is 23.2 Å². The van der Waals surface area contributed by atoms with Gasteiger partial charge >= 0.3 is 0 Å². The molecule has 0 atom stereocenters. The molecule has 1 aromatic heterocycles. The number of hydrogen-bond donors (Lipinski definition) is 2. The fourth-order valence-electron chi connectivity index (χ4n) is 3.24. The summed E-state index contributed by atoms with van der Waals surface area (Å²) in [7, 11) is 0. The monoisotopic (exact) mass is 458 g/mol. The molecule has 0 bridgehead atoms. The van der Waals surface area contributed by atoms with Gasteiger partial charge in [-0.15, -0.1) is 0 Å². The molecule has 0 aliphatic heterocycles. The molecule has 1 heterocycles. The number of rotatable bonds is 7. The number of hydrogen-bond acceptors (Lipinski definition) is 3. The van der Waals surface area contributed by atoms with E-state index in [1.54, 1.807) is 35.0 Å². The maximum Gasteiger partial charge on any atom is 0.252 e. The van der Waals surface area contributed by atoms with Gasteiger partial charge in [0.1, 0.15) is 0 Å². The summed E-state index contributed by atoms with van der Waals surface area (Å²) in [6, 6.07) is 12.2. The van der Waals surface area contributed by atoms with Crippen LogP contribution in [-0.4, -0.2) is 28.1 Å². The van der Waals surface area contributed by atoms with Gasteiger partial charge in [-0.3, -0.25) is 9.59 Å². The van der Waals surface area contributed by atoms with Gasteiger partial charge in [-0.05, 0) is 62.7 Å². The molecule has 0 saturated heterocycles. The highest BCUT2D eigenvalue weighted by atomic mass is 35.5. The van der Waals surface area contributed by atoms with Gasteiger partial charge in [0.2, 0.25) is 5.91 Å². The smallest absolute Gasteiger partial charge is 0.252 e. The Hall–Kier alpha value is -2.83. The summed E-state index contributed by atoms with van der Waals surface area (Å²) in [5, 5.41) is 11.1. The largest absolute Gasteiger partial charge is 0.352 e. The van der Waals surface area contributed by atoms with Crippen LogP contribution in [0.25, 0.3) is 5.69 Å². The molecule has 0 unspecified atom stereocenters. The van der Waals surface area contributed by atoms with E-state index in [0.717, 1.165) is 29.1 Å². The van der Waals surface area contributed by atoms with Crippen LogP contribution in [0, 0.1) is 13.8 Å². The predicted molar refractivity (Wildman–Crippen MR) is 124 cm³/mol. The first-order chi connectivity index (χ1) is 14.8. The van der Waals surface area contributed by atoms with Crippen molar-refractivity contribution in [1.29, 1.82) is 0 Å². The molecule has 2 aromatic carbocycles. The van der Waals surface area contributed by atoms with Crippen molar-refractivity contribution >= 4 is 40.7 Å². The zero-order chi connectivity index (χ0) is 22.5. The van der Waals surface area contributed by atoms with Crippen LogP contribution in [0.15, 0.2) is 42.5 Å². The van der Waals surface area contributed by atoms with Crippen molar-refractivity contribution in [3.05, 3.63) is 75.0 Å². The quantitative estimate of drug-likeness (QED) is 0.515. The number of amides is 2. The number of aryl methyl sites for hydroxylation is 1. The first kappa shape index (κ1) is 22.8. The van der Waals surface area contributed by atoms with Gasteiger partial charge in [0.15, 0.2) is 0 Å². The van der Waals surface area contributed by atoms with Crippen molar-refractivity contribution in [2.75, 3.05) is 11.9 Å². The van der Waals surface area contributed by atoms with E-state index in [0.29, 0.717) is 22.8 Å². The van der Waals surface area contributed by atoms with Crippen LogP contribution < -0.4 is 10.6 Å². The summed E-state index contributed by atoms with van der Waals surface area (Å²) in [4.78, 5) is 24.8. The van der Waals surface area contributed by atoms with Crippen molar-refractivity contribution in [2.24, 2.45) is 0 Å². The standard InChI is InChI=1S/C23H24Cl2N4O2/c1-4-11-26-23(31)19-10-7-17(12-21(19)25)27-22(30)13-20-14(2)28-29(15(20)3)18-8-5-16(24)6-9-18/h5-10,12H,4,11,13H2,1-3H3,(H,26,31)(H,27,30). The normalized spacial score (nSPS) is 10.7. The molecule has 0 spiro atoms. The second kappa shape index (κ2) is 9.98. The number of aromatic nitrogens is 2. The Morgan fingerprint density at radius 1 is 1.06 bits per heavy atom. The van der Waals surface area contributed by atoms with Crippen LogP contribution in [0.4, 0.5) is 5.69 Å². The molecule has 8 heteroatoms. The average Bonchev–Trinajstić information content (AvgIpc) is 3.01. The molecule has 162 valence electrons. The lowest BCUT2D eigenvalue weighted by Crippen LogP contribution is -2.24. The molecular formula is C23H24Cl2N4O2. The predicted octanol–water partition coefficient (Wildman–Crippen LogP) is 5.12. The lowest BCUT2D eigenvalue weighted by molar-refractivity contribution is -0.115. The Balaban J connectivity index is 1.72. The fourth-order valence-corrected chi connectivity index (χ4v) is 3.63. The number of halogens is 2. The van der Waals surface area contributed by atoms with Crippen molar-refractivity contribution in [3.8, 4) is 5.69 Å². The molecule has 0 fully saturated rings. The highest BCUT2D eigenvalue weighted by Gasteiger charge is 2.17. The van der Waals surface area contributed by atoms with Crippen molar-refractivity contribution in [1.82, 2.24) is 15.1 Å². The van der Waals surface area contributed by atoms with Crippen molar-refractivity contribution in [2.45, 2.75) is 33.6 Å². The van der Waals surface area contributed by atoms with E-state index in [9.17, 15) is 9.59 Å². The maximum absolute atomic E-state index is 12.7. The summed E-state index contributed by atoms with van der Waals surface area (Å²) < 4.78 is 1.80. The third-order valence-electron chi connectivity index (χ3n) is 4.88. The van der Waals surface area contributed by atoms with E-state index in [-0.39, 0.29) is 23.3 Å². The molecule has 0 saturated carbocycles. The van der Waals surface area contributed by atoms with Crippen LogP contribution in [0.2, 0.25) is 10.0 Å². The number of carbonyl (C=O) groups excluding carboxylic acids is 2. The molecule has 0 radical (unpaired) electrons. The molecule has 6 nitrogen and oxygen atoms in total. The summed E-state index contributed by atoms with van der Waals surface area (Å²) >= 11 is 12.2. The van der Waals surface area contributed by atoms with Crippen molar-refractivity contribution in [3.63, 3.8) is 0 Å². The van der Waals surface area contributed by atoms with Crippen molar-refractivity contribution < 1.29 is 9.59 Å². The van der Waals surface area contributed by atoms with Gasteiger partial charge < -0.3 is 10.6 Å². The number of nitrogens with one attached hydrogen (secondary N) is 2. The van der Waals surface area contributed by atoms with Crippen LogP contribution in [0.1, 0.15) is 40.7 Å². The summed E-state index contributed by atoms with van der Waals surface area (Å²) in [6.45, 7) is 6.36. The highest BCUT2D eigenvalue weighted by Crippen LogP contribution is 2.23.